The van der Waals surface area contributed by atoms with E-state index >= 15 is 0 Å². The van der Waals surface area contributed by atoms with Gasteiger partial charge in [0, 0.05) is 18.7 Å². The zero-order valence-electron chi connectivity index (χ0n) is 10.9. The van der Waals surface area contributed by atoms with Gasteiger partial charge in [0.05, 0.1) is 18.9 Å². The number of hydrogen-bond acceptors (Lipinski definition) is 3. The topological polar surface area (TPSA) is 31.4 Å². The van der Waals surface area contributed by atoms with Crippen LogP contribution in [0.25, 0.3) is 11.3 Å². The standard InChI is InChI=1S/C15H17NO2/c1-11(17-2)12-6-4-7-13(10-12)14-8-5-9-15(16-14)18-3/h4-11H,1-3H3/t11-/m1/s1. The molecule has 18 heavy (non-hydrogen) atoms. The van der Waals surface area contributed by atoms with Crippen LogP contribution in [0.5, 0.6) is 5.88 Å². The highest BCUT2D eigenvalue weighted by molar-refractivity contribution is 5.60. The lowest BCUT2D eigenvalue weighted by Gasteiger charge is -2.11. The molecule has 0 amide bonds. The maximum absolute atomic E-state index is 5.33. The Morgan fingerprint density at radius 1 is 1.06 bits per heavy atom. The van der Waals surface area contributed by atoms with Crippen molar-refractivity contribution in [3.05, 3.63) is 48.0 Å². The summed E-state index contributed by atoms with van der Waals surface area (Å²) in [6.45, 7) is 2.03. The summed E-state index contributed by atoms with van der Waals surface area (Å²) < 4.78 is 10.5. The van der Waals surface area contributed by atoms with Gasteiger partial charge in [0.15, 0.2) is 0 Å². The molecule has 1 aromatic heterocycles. The molecule has 0 aliphatic rings. The zero-order valence-corrected chi connectivity index (χ0v) is 10.9. The Morgan fingerprint density at radius 3 is 2.56 bits per heavy atom. The van der Waals surface area contributed by atoms with Gasteiger partial charge in [-0.2, -0.15) is 0 Å². The molecule has 0 saturated carbocycles. The third-order valence-corrected chi connectivity index (χ3v) is 2.94. The Morgan fingerprint density at radius 2 is 1.83 bits per heavy atom. The lowest BCUT2D eigenvalue weighted by Crippen LogP contribution is -1.96. The van der Waals surface area contributed by atoms with Crippen LogP contribution in [-0.4, -0.2) is 19.2 Å². The van der Waals surface area contributed by atoms with Crippen LogP contribution in [-0.2, 0) is 4.74 Å². The molecule has 94 valence electrons. The van der Waals surface area contributed by atoms with Gasteiger partial charge in [0.2, 0.25) is 5.88 Å². The monoisotopic (exact) mass is 243 g/mol. The van der Waals surface area contributed by atoms with E-state index in [0.29, 0.717) is 5.88 Å². The molecule has 1 aromatic carbocycles. The molecule has 0 radical (unpaired) electrons. The summed E-state index contributed by atoms with van der Waals surface area (Å²) in [5.74, 6) is 0.623. The van der Waals surface area contributed by atoms with Crippen LogP contribution in [0.1, 0.15) is 18.6 Å². The van der Waals surface area contributed by atoms with Gasteiger partial charge >= 0.3 is 0 Å². The maximum atomic E-state index is 5.33. The number of aromatic nitrogens is 1. The van der Waals surface area contributed by atoms with E-state index in [0.717, 1.165) is 16.8 Å². The number of hydrogen-bond donors (Lipinski definition) is 0. The van der Waals surface area contributed by atoms with E-state index in [9.17, 15) is 0 Å². The van der Waals surface area contributed by atoms with Gasteiger partial charge in [-0.05, 0) is 24.6 Å². The summed E-state index contributed by atoms with van der Waals surface area (Å²) in [7, 11) is 3.33. The number of rotatable bonds is 4. The summed E-state index contributed by atoms with van der Waals surface area (Å²) in [4.78, 5) is 4.42. The molecule has 3 nitrogen and oxygen atoms in total. The number of methoxy groups -OCH3 is 2. The van der Waals surface area contributed by atoms with E-state index in [2.05, 4.69) is 17.1 Å². The minimum atomic E-state index is 0.0792. The molecule has 1 heterocycles. The Bertz CT molecular complexity index is 525. The van der Waals surface area contributed by atoms with Crippen molar-refractivity contribution in [2.45, 2.75) is 13.0 Å². The molecule has 0 aliphatic heterocycles. The average molecular weight is 243 g/mol. The normalized spacial score (nSPS) is 12.2. The van der Waals surface area contributed by atoms with E-state index in [1.807, 2.05) is 37.3 Å². The first-order valence-electron chi connectivity index (χ1n) is 5.88. The first kappa shape index (κ1) is 12.6. The van der Waals surface area contributed by atoms with Gasteiger partial charge < -0.3 is 9.47 Å². The van der Waals surface area contributed by atoms with E-state index < -0.39 is 0 Å². The number of nitrogens with zero attached hydrogens (tertiary/aromatic N) is 1. The van der Waals surface area contributed by atoms with Crippen LogP contribution in [0, 0.1) is 0 Å². The van der Waals surface area contributed by atoms with Crippen LogP contribution in [0.3, 0.4) is 0 Å². The quantitative estimate of drug-likeness (QED) is 0.824. The van der Waals surface area contributed by atoms with Crippen LogP contribution >= 0.6 is 0 Å². The molecule has 0 saturated heterocycles. The van der Waals surface area contributed by atoms with Crippen molar-refractivity contribution >= 4 is 0 Å². The third-order valence-electron chi connectivity index (χ3n) is 2.94. The molecule has 0 N–H and O–H groups in total. The average Bonchev–Trinajstić information content (AvgIpc) is 2.46. The van der Waals surface area contributed by atoms with Gasteiger partial charge in [-0.25, -0.2) is 4.98 Å². The summed E-state index contributed by atoms with van der Waals surface area (Å²) >= 11 is 0. The van der Waals surface area contributed by atoms with Gasteiger partial charge in [-0.1, -0.05) is 24.3 Å². The van der Waals surface area contributed by atoms with Crippen LogP contribution in [0.15, 0.2) is 42.5 Å². The molecule has 0 aliphatic carbocycles. The van der Waals surface area contributed by atoms with Crippen molar-refractivity contribution < 1.29 is 9.47 Å². The Kier molecular flexibility index (Phi) is 3.95. The Balaban J connectivity index is 2.38. The molecule has 0 bridgehead atoms. The number of ether oxygens (including phenoxy) is 2. The Hall–Kier alpha value is -1.87. The Labute approximate surface area is 107 Å². The minimum Gasteiger partial charge on any atom is -0.481 e. The summed E-state index contributed by atoms with van der Waals surface area (Å²) in [5, 5.41) is 0. The second kappa shape index (κ2) is 5.65. The third kappa shape index (κ3) is 2.68. The SMILES string of the molecule is COc1cccc(-c2cccc([C@@H](C)OC)c2)n1. The second-order valence-electron chi connectivity index (χ2n) is 4.07. The van der Waals surface area contributed by atoms with Crippen LogP contribution in [0.4, 0.5) is 0 Å². The molecular weight excluding hydrogens is 226 g/mol. The first-order valence-corrected chi connectivity index (χ1v) is 5.88. The van der Waals surface area contributed by atoms with Gasteiger partial charge in [-0.15, -0.1) is 0 Å². The van der Waals surface area contributed by atoms with Crippen molar-refractivity contribution in [3.8, 4) is 17.1 Å². The molecule has 2 aromatic rings. The van der Waals surface area contributed by atoms with E-state index in [1.165, 1.54) is 0 Å². The van der Waals surface area contributed by atoms with Crippen molar-refractivity contribution in [1.82, 2.24) is 4.98 Å². The fourth-order valence-electron chi connectivity index (χ4n) is 1.78. The number of benzene rings is 1. The first-order chi connectivity index (χ1) is 8.74. The molecule has 0 unspecified atom stereocenters. The molecule has 0 fully saturated rings. The smallest absolute Gasteiger partial charge is 0.213 e. The van der Waals surface area contributed by atoms with Crippen molar-refractivity contribution in [2.75, 3.05) is 14.2 Å². The minimum absolute atomic E-state index is 0.0792. The molecule has 3 heteroatoms. The lowest BCUT2D eigenvalue weighted by molar-refractivity contribution is 0.119. The highest BCUT2D eigenvalue weighted by Crippen LogP contribution is 2.24. The van der Waals surface area contributed by atoms with Crippen molar-refractivity contribution in [1.29, 1.82) is 0 Å². The molecule has 1 atom stereocenters. The highest BCUT2D eigenvalue weighted by atomic mass is 16.5. The predicted octanol–water partition coefficient (Wildman–Crippen LogP) is 3.46. The van der Waals surface area contributed by atoms with Crippen LogP contribution < -0.4 is 4.74 Å². The number of pyridine rings is 1. The van der Waals surface area contributed by atoms with E-state index in [-0.39, 0.29) is 6.10 Å². The van der Waals surface area contributed by atoms with E-state index in [4.69, 9.17) is 9.47 Å². The van der Waals surface area contributed by atoms with Gasteiger partial charge in [0.25, 0.3) is 0 Å². The lowest BCUT2D eigenvalue weighted by atomic mass is 10.0. The largest absolute Gasteiger partial charge is 0.481 e. The van der Waals surface area contributed by atoms with Gasteiger partial charge in [0.1, 0.15) is 0 Å². The summed E-state index contributed by atoms with van der Waals surface area (Å²) in [5.41, 5.74) is 3.11. The fraction of sp³-hybridized carbons (Fsp3) is 0.267. The summed E-state index contributed by atoms with van der Waals surface area (Å²) in [6, 6.07) is 13.9. The highest BCUT2D eigenvalue weighted by Gasteiger charge is 2.06. The van der Waals surface area contributed by atoms with Gasteiger partial charge in [-0.3, -0.25) is 0 Å². The maximum Gasteiger partial charge on any atom is 0.213 e. The molecular formula is C15H17NO2. The van der Waals surface area contributed by atoms with Crippen molar-refractivity contribution in [2.24, 2.45) is 0 Å². The van der Waals surface area contributed by atoms with Crippen molar-refractivity contribution in [3.63, 3.8) is 0 Å². The molecule has 0 spiro atoms. The van der Waals surface area contributed by atoms with Crippen LogP contribution in [0.2, 0.25) is 0 Å². The predicted molar refractivity (Wildman–Crippen MR) is 71.6 cm³/mol. The fourth-order valence-corrected chi connectivity index (χ4v) is 1.78. The molecule has 2 rings (SSSR count). The summed E-state index contributed by atoms with van der Waals surface area (Å²) in [6.07, 6.45) is 0.0792. The zero-order chi connectivity index (χ0) is 13.0. The second-order valence-corrected chi connectivity index (χ2v) is 4.07. The van der Waals surface area contributed by atoms with E-state index in [1.54, 1.807) is 14.2 Å².